The Morgan fingerprint density at radius 3 is 2.03 bits per heavy atom. The van der Waals surface area contributed by atoms with Crippen molar-refractivity contribution in [3.05, 3.63) is 29.3 Å². The van der Waals surface area contributed by atoms with Crippen LogP contribution in [0.15, 0.2) is 12.1 Å². The maximum absolute atomic E-state index is 14.5. The minimum absolute atomic E-state index is 0.0410. The van der Waals surface area contributed by atoms with E-state index in [9.17, 15) is 8.78 Å². The quantitative estimate of drug-likeness (QED) is 0.222. The van der Waals surface area contributed by atoms with E-state index in [1.807, 2.05) is 0 Å². The Bertz CT molecular complexity index is 664. The van der Waals surface area contributed by atoms with Gasteiger partial charge in [0.05, 0.1) is 6.61 Å². The second-order valence-electron chi connectivity index (χ2n) is 10.4. The zero-order chi connectivity index (χ0) is 22.8. The van der Waals surface area contributed by atoms with E-state index in [4.69, 9.17) is 4.74 Å². The number of hydrogen-bond donors (Lipinski definition) is 0. The Morgan fingerprint density at radius 1 is 0.812 bits per heavy atom. The monoisotopic (exact) mass is 463 g/mol. The van der Waals surface area contributed by atoms with Gasteiger partial charge in [-0.05, 0) is 49.1 Å². The molecule has 1 radical (unpaired) electrons. The largest absolute Gasteiger partial charge is 0.491 e. The molecule has 0 amide bonds. The lowest BCUT2D eigenvalue weighted by molar-refractivity contribution is 0.245. The first kappa shape index (κ1) is 25.7. The van der Waals surface area contributed by atoms with Gasteiger partial charge >= 0.3 is 0 Å². The molecule has 2 fully saturated rings. The number of rotatable bonds is 12. The van der Waals surface area contributed by atoms with Gasteiger partial charge in [-0.2, -0.15) is 4.39 Å². The second-order valence-corrected chi connectivity index (χ2v) is 13.4. The van der Waals surface area contributed by atoms with Crippen LogP contribution in [0.25, 0.3) is 0 Å². The van der Waals surface area contributed by atoms with E-state index in [1.165, 1.54) is 88.8 Å². The van der Waals surface area contributed by atoms with Crippen molar-refractivity contribution >= 4 is 8.80 Å². The summed E-state index contributed by atoms with van der Waals surface area (Å²) in [6, 6.07) is 7.30. The first-order valence-corrected chi connectivity index (χ1v) is 15.7. The van der Waals surface area contributed by atoms with Crippen molar-refractivity contribution in [2.75, 3.05) is 6.61 Å². The fourth-order valence-electron chi connectivity index (χ4n) is 6.02. The lowest BCUT2D eigenvalue weighted by Crippen LogP contribution is -2.21. The second kappa shape index (κ2) is 13.7. The average Bonchev–Trinajstić information content (AvgIpc) is 2.82. The van der Waals surface area contributed by atoms with Crippen molar-refractivity contribution in [1.29, 1.82) is 0 Å². The maximum Gasteiger partial charge on any atom is 0.200 e. The lowest BCUT2D eigenvalue weighted by Gasteiger charge is -2.29. The van der Waals surface area contributed by atoms with Crippen molar-refractivity contribution < 1.29 is 13.5 Å². The van der Waals surface area contributed by atoms with Crippen LogP contribution in [-0.2, 0) is 0 Å². The van der Waals surface area contributed by atoms with E-state index >= 15 is 0 Å². The molecule has 1 heterocycles. The topological polar surface area (TPSA) is 9.23 Å². The highest BCUT2D eigenvalue weighted by Crippen LogP contribution is 2.39. The molecule has 1 aromatic rings. The lowest BCUT2D eigenvalue weighted by atomic mass is 9.78. The summed E-state index contributed by atoms with van der Waals surface area (Å²) in [7, 11) is -0.291. The fourth-order valence-corrected chi connectivity index (χ4v) is 9.03. The highest BCUT2D eigenvalue weighted by Gasteiger charge is 2.27. The standard InChI is InChI=1S/C28H45F2OSi/c1-3-5-6-9-22-11-13-23(14-12-22)10-7-8-19-32-20-17-24(18-21-32)25-15-16-26(31-4-2)28(30)27(25)29/h15-16,22-24H,3-14,17-21H2,1-2H3. The number of unbranched alkanes of at least 4 members (excludes halogenated alkanes) is 3. The van der Waals surface area contributed by atoms with Crippen LogP contribution in [0.4, 0.5) is 8.78 Å². The normalized spacial score (nSPS) is 22.9. The summed E-state index contributed by atoms with van der Waals surface area (Å²) >= 11 is 0. The van der Waals surface area contributed by atoms with Crippen LogP contribution in [0.2, 0.25) is 18.1 Å². The summed E-state index contributed by atoms with van der Waals surface area (Å²) < 4.78 is 34.0. The Labute approximate surface area is 197 Å². The highest BCUT2D eigenvalue weighted by atomic mass is 28.3. The van der Waals surface area contributed by atoms with Crippen LogP contribution in [0.5, 0.6) is 5.75 Å². The van der Waals surface area contributed by atoms with E-state index in [2.05, 4.69) is 6.92 Å². The van der Waals surface area contributed by atoms with Gasteiger partial charge in [-0.1, -0.05) is 102 Å². The van der Waals surface area contributed by atoms with E-state index < -0.39 is 11.6 Å². The van der Waals surface area contributed by atoms with Gasteiger partial charge in [-0.25, -0.2) is 4.39 Å². The third-order valence-electron chi connectivity index (χ3n) is 8.08. The molecular formula is C28H45F2OSi. The minimum atomic E-state index is -0.810. The molecule has 1 aliphatic heterocycles. The van der Waals surface area contributed by atoms with Gasteiger partial charge in [-0.3, -0.25) is 0 Å². The average molecular weight is 464 g/mol. The van der Waals surface area contributed by atoms with Gasteiger partial charge in [0.2, 0.25) is 5.82 Å². The molecule has 0 bridgehead atoms. The van der Waals surface area contributed by atoms with Crippen LogP contribution < -0.4 is 4.74 Å². The van der Waals surface area contributed by atoms with Crippen molar-refractivity contribution in [2.24, 2.45) is 11.8 Å². The molecule has 0 unspecified atom stereocenters. The smallest absolute Gasteiger partial charge is 0.200 e. The SMILES string of the molecule is CCCCCC1CCC(CCCC[Si]2CCC(c3ccc(OCC)c(F)c3F)CC2)CC1. The molecule has 0 atom stereocenters. The van der Waals surface area contributed by atoms with Crippen molar-refractivity contribution in [1.82, 2.24) is 0 Å². The zero-order valence-corrected chi connectivity index (χ0v) is 21.6. The molecule has 3 rings (SSSR count). The Kier molecular flexibility index (Phi) is 11.0. The summed E-state index contributed by atoms with van der Waals surface area (Å²) in [6.45, 7) is 4.44. The third-order valence-corrected chi connectivity index (χ3v) is 11.1. The summed E-state index contributed by atoms with van der Waals surface area (Å²) in [5.74, 6) is 0.739. The number of ether oxygens (including phenoxy) is 1. The molecule has 4 heteroatoms. The predicted octanol–water partition coefficient (Wildman–Crippen LogP) is 9.29. The Morgan fingerprint density at radius 2 is 1.44 bits per heavy atom. The third kappa shape index (κ3) is 7.57. The molecule has 32 heavy (non-hydrogen) atoms. The summed E-state index contributed by atoms with van der Waals surface area (Å²) in [4.78, 5) is 0. The minimum Gasteiger partial charge on any atom is -0.491 e. The van der Waals surface area contributed by atoms with E-state index in [0.717, 1.165) is 24.7 Å². The molecule has 1 saturated heterocycles. The van der Waals surface area contributed by atoms with Crippen molar-refractivity contribution in [3.8, 4) is 5.75 Å². The van der Waals surface area contributed by atoms with Crippen molar-refractivity contribution in [3.63, 3.8) is 0 Å². The number of benzene rings is 1. The molecule has 0 spiro atoms. The Balaban J connectivity index is 1.30. The Hall–Kier alpha value is -0.903. The fraction of sp³-hybridized carbons (Fsp3) is 0.786. The molecule has 1 saturated carbocycles. The predicted molar refractivity (Wildman–Crippen MR) is 133 cm³/mol. The number of hydrogen-bond acceptors (Lipinski definition) is 1. The van der Waals surface area contributed by atoms with Crippen LogP contribution in [0.3, 0.4) is 0 Å². The van der Waals surface area contributed by atoms with Crippen molar-refractivity contribution in [2.45, 2.75) is 121 Å². The highest BCUT2D eigenvalue weighted by molar-refractivity contribution is 6.59. The van der Waals surface area contributed by atoms with Gasteiger partial charge in [0.25, 0.3) is 0 Å². The van der Waals surface area contributed by atoms with Gasteiger partial charge < -0.3 is 4.74 Å². The van der Waals surface area contributed by atoms with Crippen LogP contribution >= 0.6 is 0 Å². The first-order valence-electron chi connectivity index (χ1n) is 13.6. The molecule has 1 nitrogen and oxygen atoms in total. The van der Waals surface area contributed by atoms with E-state index in [1.54, 1.807) is 19.1 Å². The van der Waals surface area contributed by atoms with Gasteiger partial charge in [-0.15, -0.1) is 0 Å². The molecule has 0 aromatic heterocycles. The van der Waals surface area contributed by atoms with Crippen LogP contribution in [0.1, 0.15) is 109 Å². The summed E-state index contributed by atoms with van der Waals surface area (Å²) in [6.07, 6.45) is 17.9. The van der Waals surface area contributed by atoms with Gasteiger partial charge in [0.15, 0.2) is 11.6 Å². The molecule has 1 aliphatic carbocycles. The van der Waals surface area contributed by atoms with E-state index in [-0.39, 0.29) is 20.5 Å². The maximum atomic E-state index is 14.5. The van der Waals surface area contributed by atoms with Crippen LogP contribution in [-0.4, -0.2) is 15.4 Å². The summed E-state index contributed by atoms with van der Waals surface area (Å²) in [5.41, 5.74) is 0.567. The summed E-state index contributed by atoms with van der Waals surface area (Å²) in [5, 5.41) is 0. The molecule has 0 N–H and O–H groups in total. The molecule has 1 aromatic carbocycles. The molecule has 2 aliphatic rings. The van der Waals surface area contributed by atoms with Crippen LogP contribution in [0, 0.1) is 23.5 Å². The number of halogens is 2. The van der Waals surface area contributed by atoms with E-state index in [0.29, 0.717) is 12.2 Å². The molecule has 181 valence electrons. The first-order chi connectivity index (χ1) is 15.6. The van der Waals surface area contributed by atoms with Gasteiger partial charge in [0.1, 0.15) is 0 Å². The van der Waals surface area contributed by atoms with Gasteiger partial charge in [0, 0.05) is 8.80 Å². The molecular weight excluding hydrogens is 418 g/mol. The zero-order valence-electron chi connectivity index (χ0n) is 20.6.